The van der Waals surface area contributed by atoms with Gasteiger partial charge in [0.15, 0.2) is 0 Å². The Morgan fingerprint density at radius 3 is 2.62 bits per heavy atom. The Bertz CT molecular complexity index is 469. The van der Waals surface area contributed by atoms with Crippen molar-refractivity contribution in [2.45, 2.75) is 0 Å². The van der Waals surface area contributed by atoms with Crippen molar-refractivity contribution in [1.82, 2.24) is 4.98 Å². The van der Waals surface area contributed by atoms with Crippen LogP contribution >= 0.6 is 0 Å². The molecule has 0 fully saturated rings. The maximum Gasteiger partial charge on any atom is 0.219 e. The number of aromatic nitrogens is 1. The zero-order valence-corrected chi connectivity index (χ0v) is 8.88. The fourth-order valence-electron chi connectivity index (χ4n) is 1.25. The third-order valence-corrected chi connectivity index (χ3v) is 2.03. The highest BCUT2D eigenvalue weighted by Crippen LogP contribution is 2.22. The average Bonchev–Trinajstić information content (AvgIpc) is 2.30. The van der Waals surface area contributed by atoms with Crippen LogP contribution < -0.4 is 15.2 Å². The first kappa shape index (κ1) is 10.3. The molecule has 0 aliphatic carbocycles. The van der Waals surface area contributed by atoms with Gasteiger partial charge in [-0.3, -0.25) is 0 Å². The van der Waals surface area contributed by atoms with Crippen LogP contribution in [0, 0.1) is 0 Å². The molecule has 0 saturated heterocycles. The van der Waals surface area contributed by atoms with Crippen molar-refractivity contribution in [3.05, 3.63) is 42.6 Å². The van der Waals surface area contributed by atoms with Gasteiger partial charge in [0.2, 0.25) is 5.88 Å². The molecule has 0 atom stereocenters. The van der Waals surface area contributed by atoms with Crippen LogP contribution in [0.15, 0.2) is 42.6 Å². The first-order valence-corrected chi connectivity index (χ1v) is 4.81. The predicted molar refractivity (Wildman–Crippen MR) is 61.7 cm³/mol. The summed E-state index contributed by atoms with van der Waals surface area (Å²) in [5, 5.41) is 0. The van der Waals surface area contributed by atoms with Crippen LogP contribution in [0.3, 0.4) is 0 Å². The number of ether oxygens (including phenoxy) is 2. The lowest BCUT2D eigenvalue weighted by atomic mass is 10.3. The van der Waals surface area contributed by atoms with E-state index in [1.807, 2.05) is 12.1 Å². The van der Waals surface area contributed by atoms with E-state index in [2.05, 4.69) is 4.98 Å². The summed E-state index contributed by atoms with van der Waals surface area (Å²) in [6.45, 7) is 0. The lowest BCUT2D eigenvalue weighted by molar-refractivity contribution is 0.408. The molecule has 82 valence electrons. The van der Waals surface area contributed by atoms with Crippen molar-refractivity contribution in [2.24, 2.45) is 0 Å². The molecular weight excluding hydrogens is 204 g/mol. The van der Waals surface area contributed by atoms with E-state index in [-0.39, 0.29) is 0 Å². The van der Waals surface area contributed by atoms with Crippen molar-refractivity contribution in [3.8, 4) is 17.4 Å². The number of nitrogen functional groups attached to an aromatic ring is 1. The molecule has 0 bridgehead atoms. The van der Waals surface area contributed by atoms with E-state index in [0.29, 0.717) is 23.1 Å². The molecule has 0 unspecified atom stereocenters. The number of methoxy groups -OCH3 is 1. The summed E-state index contributed by atoms with van der Waals surface area (Å²) in [4.78, 5) is 4.09. The Morgan fingerprint density at radius 2 is 2.00 bits per heavy atom. The third-order valence-electron chi connectivity index (χ3n) is 2.03. The van der Waals surface area contributed by atoms with Gasteiger partial charge in [-0.05, 0) is 18.2 Å². The molecule has 0 saturated carbocycles. The molecule has 1 aromatic heterocycles. The Hall–Kier alpha value is -2.23. The van der Waals surface area contributed by atoms with Gasteiger partial charge >= 0.3 is 0 Å². The molecule has 1 aromatic carbocycles. The maximum absolute atomic E-state index is 5.64. The molecule has 2 aromatic rings. The van der Waals surface area contributed by atoms with Gasteiger partial charge in [-0.1, -0.05) is 6.07 Å². The lowest BCUT2D eigenvalue weighted by Crippen LogP contribution is -1.90. The molecule has 2 rings (SSSR count). The largest absolute Gasteiger partial charge is 0.495 e. The van der Waals surface area contributed by atoms with Crippen LogP contribution in [0.4, 0.5) is 5.69 Å². The SMILES string of the molecule is COc1ccc(Oc2cccc(N)c2)nc1. The zero-order chi connectivity index (χ0) is 11.4. The van der Waals surface area contributed by atoms with Crippen molar-refractivity contribution < 1.29 is 9.47 Å². The summed E-state index contributed by atoms with van der Waals surface area (Å²) in [5.74, 6) is 1.86. The maximum atomic E-state index is 5.64. The van der Waals surface area contributed by atoms with E-state index < -0.39 is 0 Å². The monoisotopic (exact) mass is 216 g/mol. The number of benzene rings is 1. The second-order valence-electron chi connectivity index (χ2n) is 3.21. The quantitative estimate of drug-likeness (QED) is 0.801. The summed E-state index contributed by atoms with van der Waals surface area (Å²) >= 11 is 0. The molecule has 0 radical (unpaired) electrons. The average molecular weight is 216 g/mol. The van der Waals surface area contributed by atoms with Crippen molar-refractivity contribution >= 4 is 5.69 Å². The summed E-state index contributed by atoms with van der Waals surface area (Å²) in [6, 6.07) is 10.7. The van der Waals surface area contributed by atoms with Crippen molar-refractivity contribution in [1.29, 1.82) is 0 Å². The molecular formula is C12H12N2O2. The summed E-state index contributed by atoms with van der Waals surface area (Å²) in [5.41, 5.74) is 6.30. The van der Waals surface area contributed by atoms with Gasteiger partial charge in [0.05, 0.1) is 13.3 Å². The Morgan fingerprint density at radius 1 is 1.12 bits per heavy atom. The summed E-state index contributed by atoms with van der Waals surface area (Å²) < 4.78 is 10.5. The van der Waals surface area contributed by atoms with Crippen LogP contribution in [0.1, 0.15) is 0 Å². The molecule has 0 aliphatic heterocycles. The number of hydrogen-bond donors (Lipinski definition) is 1. The van der Waals surface area contributed by atoms with Crippen molar-refractivity contribution in [2.75, 3.05) is 12.8 Å². The Balaban J connectivity index is 2.14. The fourth-order valence-corrected chi connectivity index (χ4v) is 1.25. The van der Waals surface area contributed by atoms with Gasteiger partial charge < -0.3 is 15.2 Å². The second-order valence-corrected chi connectivity index (χ2v) is 3.21. The van der Waals surface area contributed by atoms with Crippen molar-refractivity contribution in [3.63, 3.8) is 0 Å². The topological polar surface area (TPSA) is 57.4 Å². The second kappa shape index (κ2) is 4.53. The van der Waals surface area contributed by atoms with Crippen LogP contribution in [-0.4, -0.2) is 12.1 Å². The fraction of sp³-hybridized carbons (Fsp3) is 0.0833. The highest BCUT2D eigenvalue weighted by Gasteiger charge is 1.99. The van der Waals surface area contributed by atoms with Crippen LogP contribution in [0.2, 0.25) is 0 Å². The van der Waals surface area contributed by atoms with Gasteiger partial charge in [-0.15, -0.1) is 0 Å². The minimum absolute atomic E-state index is 0.506. The minimum atomic E-state index is 0.506. The lowest BCUT2D eigenvalue weighted by Gasteiger charge is -2.05. The Kier molecular flexibility index (Phi) is 2.91. The highest BCUT2D eigenvalue weighted by molar-refractivity contribution is 5.44. The van der Waals surface area contributed by atoms with Gasteiger partial charge in [0, 0.05) is 17.8 Å². The minimum Gasteiger partial charge on any atom is -0.495 e. The summed E-state index contributed by atoms with van der Waals surface area (Å²) in [6.07, 6.45) is 1.60. The van der Waals surface area contributed by atoms with Gasteiger partial charge in [-0.2, -0.15) is 0 Å². The van der Waals surface area contributed by atoms with E-state index in [9.17, 15) is 0 Å². The first-order valence-electron chi connectivity index (χ1n) is 4.81. The van der Waals surface area contributed by atoms with E-state index in [4.69, 9.17) is 15.2 Å². The molecule has 16 heavy (non-hydrogen) atoms. The van der Waals surface area contributed by atoms with Gasteiger partial charge in [0.25, 0.3) is 0 Å². The van der Waals surface area contributed by atoms with Crippen LogP contribution in [-0.2, 0) is 0 Å². The third kappa shape index (κ3) is 2.42. The van der Waals surface area contributed by atoms with Gasteiger partial charge in [-0.25, -0.2) is 4.98 Å². The number of nitrogens with zero attached hydrogens (tertiary/aromatic N) is 1. The number of rotatable bonds is 3. The number of nitrogens with two attached hydrogens (primary N) is 1. The number of hydrogen-bond acceptors (Lipinski definition) is 4. The van der Waals surface area contributed by atoms with E-state index >= 15 is 0 Å². The standard InChI is InChI=1S/C12H12N2O2/c1-15-11-5-6-12(14-8-11)16-10-4-2-3-9(13)7-10/h2-8H,13H2,1H3. The molecule has 0 aliphatic rings. The molecule has 4 nitrogen and oxygen atoms in total. The first-order chi connectivity index (χ1) is 7.78. The summed E-state index contributed by atoms with van der Waals surface area (Å²) in [7, 11) is 1.59. The zero-order valence-electron chi connectivity index (χ0n) is 8.88. The number of anilines is 1. The Labute approximate surface area is 93.6 Å². The predicted octanol–water partition coefficient (Wildman–Crippen LogP) is 2.46. The van der Waals surface area contributed by atoms with E-state index in [0.717, 1.165) is 0 Å². The smallest absolute Gasteiger partial charge is 0.219 e. The number of pyridine rings is 1. The normalized spacial score (nSPS) is 9.81. The molecule has 4 heteroatoms. The highest BCUT2D eigenvalue weighted by atomic mass is 16.5. The molecule has 2 N–H and O–H groups in total. The molecule has 0 amide bonds. The van der Waals surface area contributed by atoms with Crippen LogP contribution in [0.5, 0.6) is 17.4 Å². The molecule has 0 spiro atoms. The van der Waals surface area contributed by atoms with E-state index in [1.54, 1.807) is 37.6 Å². The van der Waals surface area contributed by atoms with Crippen LogP contribution in [0.25, 0.3) is 0 Å². The van der Waals surface area contributed by atoms with E-state index in [1.165, 1.54) is 0 Å². The molecule has 1 heterocycles. The van der Waals surface area contributed by atoms with Gasteiger partial charge in [0.1, 0.15) is 11.5 Å².